The van der Waals surface area contributed by atoms with Gasteiger partial charge in [-0.25, -0.2) is 0 Å². The Kier molecular flexibility index (Phi) is 2.93. The van der Waals surface area contributed by atoms with Crippen molar-refractivity contribution in [2.75, 3.05) is 0 Å². The first-order valence-electron chi connectivity index (χ1n) is 5.35. The first kappa shape index (κ1) is 13.9. The van der Waals surface area contributed by atoms with Gasteiger partial charge in [-0.1, -0.05) is 0 Å². The van der Waals surface area contributed by atoms with E-state index in [1.54, 1.807) is 6.07 Å². The molecular weight excluding hydrogens is 277 g/mol. The maximum atomic E-state index is 12.9. The third-order valence-corrected chi connectivity index (χ3v) is 2.89. The highest BCUT2D eigenvalue weighted by molar-refractivity contribution is 5.83. The molecule has 2 rings (SSSR count). The van der Waals surface area contributed by atoms with Crippen LogP contribution in [-0.2, 0) is 0 Å². The zero-order chi connectivity index (χ0) is 15.1. The summed E-state index contributed by atoms with van der Waals surface area (Å²) in [7, 11) is 0. The van der Waals surface area contributed by atoms with E-state index in [2.05, 4.69) is 0 Å². The second-order valence-corrected chi connectivity index (χ2v) is 4.31. The molecule has 1 heterocycles. The smallest absolute Gasteiger partial charge is 0.431 e. The highest BCUT2D eigenvalue weighted by Crippen LogP contribution is 2.44. The number of fused-ring (bicyclic) bond motifs is 1. The average molecular weight is 284 g/mol. The summed E-state index contributed by atoms with van der Waals surface area (Å²) in [4.78, 5) is 9.95. The maximum absolute atomic E-state index is 12.9. The lowest BCUT2D eigenvalue weighted by Crippen LogP contribution is -2.47. The number of benzene rings is 1. The molecule has 0 bridgehead atoms. The van der Waals surface area contributed by atoms with Crippen molar-refractivity contribution in [1.29, 1.82) is 5.26 Å². The predicted molar refractivity (Wildman–Crippen MR) is 61.8 cm³/mol. The molecule has 0 N–H and O–H groups in total. The van der Waals surface area contributed by atoms with Gasteiger partial charge in [-0.3, -0.25) is 10.1 Å². The zero-order valence-electron chi connectivity index (χ0n) is 10.1. The molecule has 1 aromatic rings. The number of rotatable bonds is 1. The van der Waals surface area contributed by atoms with Crippen LogP contribution in [0.2, 0.25) is 0 Å². The summed E-state index contributed by atoms with van der Waals surface area (Å²) in [5.41, 5.74) is -3.30. The van der Waals surface area contributed by atoms with E-state index < -0.39 is 16.7 Å². The Hall–Kier alpha value is -2.56. The van der Waals surface area contributed by atoms with E-state index in [9.17, 15) is 23.3 Å². The van der Waals surface area contributed by atoms with Gasteiger partial charge in [0.05, 0.1) is 16.6 Å². The number of halogens is 3. The minimum atomic E-state index is -4.71. The van der Waals surface area contributed by atoms with Crippen LogP contribution in [0.25, 0.3) is 5.57 Å². The molecule has 1 aliphatic heterocycles. The van der Waals surface area contributed by atoms with E-state index in [-0.39, 0.29) is 22.6 Å². The number of nitro groups is 1. The SMILES string of the molecule is CC1(C(F)(F)F)C=C(C#N)c2cc([N+](=O)[O-])ccc2O1. The molecule has 8 heteroatoms. The van der Waals surface area contributed by atoms with Crippen molar-refractivity contribution in [3.05, 3.63) is 40.0 Å². The molecule has 0 amide bonds. The molecular formula is C12H7F3N2O3. The lowest BCUT2D eigenvalue weighted by molar-refractivity contribution is -0.384. The number of non-ortho nitro benzene ring substituents is 1. The van der Waals surface area contributed by atoms with Gasteiger partial charge in [0.25, 0.3) is 5.69 Å². The summed E-state index contributed by atoms with van der Waals surface area (Å²) in [6, 6.07) is 4.71. The van der Waals surface area contributed by atoms with Crippen LogP contribution in [0, 0.1) is 21.4 Å². The van der Waals surface area contributed by atoms with E-state index in [0.717, 1.165) is 25.1 Å². The van der Waals surface area contributed by atoms with Crippen molar-refractivity contribution >= 4 is 11.3 Å². The molecule has 20 heavy (non-hydrogen) atoms. The van der Waals surface area contributed by atoms with Crippen LogP contribution < -0.4 is 4.74 Å². The maximum Gasteiger partial charge on any atom is 0.431 e. The van der Waals surface area contributed by atoms with E-state index >= 15 is 0 Å². The fraction of sp³-hybridized carbons (Fsp3) is 0.250. The van der Waals surface area contributed by atoms with Gasteiger partial charge < -0.3 is 4.74 Å². The van der Waals surface area contributed by atoms with Crippen molar-refractivity contribution in [2.24, 2.45) is 0 Å². The molecule has 0 saturated heterocycles. The molecule has 5 nitrogen and oxygen atoms in total. The topological polar surface area (TPSA) is 76.2 Å². The number of alkyl halides is 3. The second kappa shape index (κ2) is 4.23. The van der Waals surface area contributed by atoms with Crippen molar-refractivity contribution in [2.45, 2.75) is 18.7 Å². The molecule has 0 fully saturated rings. The lowest BCUT2D eigenvalue weighted by Gasteiger charge is -2.33. The first-order valence-corrected chi connectivity index (χ1v) is 5.35. The molecule has 0 spiro atoms. The Morgan fingerprint density at radius 1 is 1.45 bits per heavy atom. The summed E-state index contributed by atoms with van der Waals surface area (Å²) < 4.78 is 43.7. The van der Waals surface area contributed by atoms with E-state index in [1.165, 1.54) is 0 Å². The van der Waals surface area contributed by atoms with Crippen LogP contribution in [-0.4, -0.2) is 16.7 Å². The standard InChI is InChI=1S/C12H7F3N2O3/c1-11(12(13,14)15)5-7(6-16)9-4-8(17(18)19)2-3-10(9)20-11/h2-5H,1H3. The Bertz CT molecular complexity index is 661. The molecule has 0 saturated carbocycles. The molecule has 0 aliphatic carbocycles. The summed E-state index contributed by atoms with van der Waals surface area (Å²) >= 11 is 0. The highest BCUT2D eigenvalue weighted by atomic mass is 19.4. The number of hydrogen-bond acceptors (Lipinski definition) is 4. The Balaban J connectivity index is 2.61. The fourth-order valence-corrected chi connectivity index (χ4v) is 1.77. The lowest BCUT2D eigenvalue weighted by atomic mass is 9.93. The highest BCUT2D eigenvalue weighted by Gasteiger charge is 2.54. The minimum Gasteiger partial charge on any atom is -0.473 e. The average Bonchev–Trinajstić information content (AvgIpc) is 2.35. The molecule has 1 aromatic carbocycles. The first-order chi connectivity index (χ1) is 9.18. The van der Waals surface area contributed by atoms with Crippen LogP contribution in [0.3, 0.4) is 0 Å². The van der Waals surface area contributed by atoms with Gasteiger partial charge in [0.15, 0.2) is 0 Å². The molecule has 1 aliphatic rings. The summed E-state index contributed by atoms with van der Waals surface area (Å²) in [6.07, 6.45) is -4.09. The number of nitrogens with zero attached hydrogens (tertiary/aromatic N) is 2. The molecule has 104 valence electrons. The molecule has 1 atom stereocenters. The van der Waals surface area contributed by atoms with Gasteiger partial charge in [0.2, 0.25) is 5.60 Å². The quantitative estimate of drug-likeness (QED) is 0.586. The second-order valence-electron chi connectivity index (χ2n) is 4.31. The predicted octanol–water partition coefficient (Wildman–Crippen LogP) is 3.22. The molecule has 0 radical (unpaired) electrons. The Morgan fingerprint density at radius 3 is 2.60 bits per heavy atom. The normalized spacial score (nSPS) is 21.2. The minimum absolute atomic E-state index is 0.0246. The molecule has 1 unspecified atom stereocenters. The van der Waals surface area contributed by atoms with Gasteiger partial charge in [0.1, 0.15) is 5.75 Å². The largest absolute Gasteiger partial charge is 0.473 e. The van der Waals surface area contributed by atoms with Gasteiger partial charge in [-0.2, -0.15) is 18.4 Å². The Morgan fingerprint density at radius 2 is 2.10 bits per heavy atom. The van der Waals surface area contributed by atoms with Crippen LogP contribution >= 0.6 is 0 Å². The van der Waals surface area contributed by atoms with Crippen molar-refractivity contribution < 1.29 is 22.8 Å². The summed E-state index contributed by atoms with van der Waals surface area (Å²) in [5.74, 6) is -0.213. The number of nitriles is 1. The number of ether oxygens (including phenoxy) is 1. The fourth-order valence-electron chi connectivity index (χ4n) is 1.77. The molecule has 0 aromatic heterocycles. The van der Waals surface area contributed by atoms with Crippen LogP contribution in [0.4, 0.5) is 18.9 Å². The Labute approximate surface area is 111 Å². The van der Waals surface area contributed by atoms with Crippen molar-refractivity contribution in [1.82, 2.24) is 0 Å². The zero-order valence-corrected chi connectivity index (χ0v) is 10.1. The summed E-state index contributed by atoms with van der Waals surface area (Å²) in [6.45, 7) is 0.786. The van der Waals surface area contributed by atoms with E-state index in [1.807, 2.05) is 0 Å². The van der Waals surface area contributed by atoms with Crippen LogP contribution in [0.5, 0.6) is 5.75 Å². The van der Waals surface area contributed by atoms with Crippen molar-refractivity contribution in [3.63, 3.8) is 0 Å². The van der Waals surface area contributed by atoms with Crippen LogP contribution in [0.15, 0.2) is 24.3 Å². The number of allylic oxidation sites excluding steroid dienone is 1. The van der Waals surface area contributed by atoms with Crippen molar-refractivity contribution in [3.8, 4) is 11.8 Å². The third-order valence-electron chi connectivity index (χ3n) is 2.89. The van der Waals surface area contributed by atoms with Gasteiger partial charge in [-0.05, 0) is 19.1 Å². The van der Waals surface area contributed by atoms with Gasteiger partial charge in [0, 0.05) is 17.7 Å². The monoisotopic (exact) mass is 284 g/mol. The van der Waals surface area contributed by atoms with E-state index in [0.29, 0.717) is 6.08 Å². The van der Waals surface area contributed by atoms with Gasteiger partial charge in [-0.15, -0.1) is 0 Å². The van der Waals surface area contributed by atoms with E-state index in [4.69, 9.17) is 10.00 Å². The number of nitro benzene ring substituents is 1. The number of hydrogen-bond donors (Lipinski definition) is 0. The summed E-state index contributed by atoms with van der Waals surface area (Å²) in [5, 5.41) is 19.6. The van der Waals surface area contributed by atoms with Crippen LogP contribution in [0.1, 0.15) is 12.5 Å². The van der Waals surface area contributed by atoms with Gasteiger partial charge >= 0.3 is 6.18 Å². The third kappa shape index (κ3) is 2.07.